The van der Waals surface area contributed by atoms with Gasteiger partial charge in [0.25, 0.3) is 0 Å². The van der Waals surface area contributed by atoms with Crippen molar-refractivity contribution in [3.8, 4) is 0 Å². The Morgan fingerprint density at radius 1 is 1.50 bits per heavy atom. The number of rotatable bonds is 1. The van der Waals surface area contributed by atoms with Crippen LogP contribution in [0, 0.1) is 17.0 Å². The topological polar surface area (TPSA) is 61.0 Å². The first kappa shape index (κ1) is 10.5. The molecule has 0 spiro atoms. The second-order valence-electron chi connectivity index (χ2n) is 2.66. The maximum absolute atomic E-state index is 12.2. The van der Waals surface area contributed by atoms with E-state index in [1.165, 1.54) is 14.0 Å². The van der Waals surface area contributed by atoms with Gasteiger partial charge in [-0.25, -0.2) is 0 Å². The van der Waals surface area contributed by atoms with E-state index in [9.17, 15) is 23.3 Å². The number of halogens is 3. The fourth-order valence-electron chi connectivity index (χ4n) is 1.01. The van der Waals surface area contributed by atoms with Gasteiger partial charge >= 0.3 is 11.9 Å². The van der Waals surface area contributed by atoms with Gasteiger partial charge in [0.05, 0.1) is 4.92 Å². The summed E-state index contributed by atoms with van der Waals surface area (Å²) in [6, 6.07) is 0. The van der Waals surface area contributed by atoms with Crippen molar-refractivity contribution in [2.75, 3.05) is 0 Å². The lowest BCUT2D eigenvalue weighted by Crippen LogP contribution is -2.09. The minimum atomic E-state index is -4.80. The summed E-state index contributed by atoms with van der Waals surface area (Å²) in [5.74, 6) is 0. The van der Waals surface area contributed by atoms with Crippen molar-refractivity contribution in [1.82, 2.24) is 9.78 Å². The van der Waals surface area contributed by atoms with E-state index in [0.29, 0.717) is 0 Å². The molecule has 0 aliphatic heterocycles. The van der Waals surface area contributed by atoms with Gasteiger partial charge in [0.1, 0.15) is 5.69 Å². The van der Waals surface area contributed by atoms with Gasteiger partial charge in [0.15, 0.2) is 0 Å². The summed E-state index contributed by atoms with van der Waals surface area (Å²) in [5.41, 5.74) is -2.56. The third kappa shape index (κ3) is 1.54. The fourth-order valence-corrected chi connectivity index (χ4v) is 1.01. The van der Waals surface area contributed by atoms with Crippen LogP contribution in [0.25, 0.3) is 0 Å². The summed E-state index contributed by atoms with van der Waals surface area (Å²) in [4.78, 5) is 9.28. The molecule has 1 rings (SSSR count). The Morgan fingerprint density at radius 2 is 2.00 bits per heavy atom. The van der Waals surface area contributed by atoms with E-state index in [0.717, 1.165) is 4.68 Å². The molecule has 0 unspecified atom stereocenters. The minimum absolute atomic E-state index is 0.123. The van der Waals surface area contributed by atoms with Crippen molar-refractivity contribution in [2.24, 2.45) is 7.05 Å². The first-order chi connectivity index (χ1) is 6.25. The minimum Gasteiger partial charge on any atom is -0.265 e. The summed E-state index contributed by atoms with van der Waals surface area (Å²) in [7, 11) is 1.22. The maximum Gasteiger partial charge on any atom is 0.442 e. The molecule has 1 aromatic rings. The van der Waals surface area contributed by atoms with Crippen molar-refractivity contribution < 1.29 is 18.1 Å². The Bertz CT molecular complexity index is 382. The van der Waals surface area contributed by atoms with Crippen LogP contribution >= 0.6 is 0 Å². The molecule has 0 amide bonds. The number of hydrogen-bond donors (Lipinski definition) is 0. The van der Waals surface area contributed by atoms with Crippen LogP contribution in [0.15, 0.2) is 0 Å². The van der Waals surface area contributed by atoms with Gasteiger partial charge in [-0.3, -0.25) is 14.8 Å². The summed E-state index contributed by atoms with van der Waals surface area (Å²) < 4.78 is 37.5. The van der Waals surface area contributed by atoms with Gasteiger partial charge in [0, 0.05) is 7.05 Å². The van der Waals surface area contributed by atoms with Gasteiger partial charge in [-0.1, -0.05) is 0 Å². The van der Waals surface area contributed by atoms with E-state index in [1.54, 1.807) is 0 Å². The summed E-state index contributed by atoms with van der Waals surface area (Å²) in [5, 5.41) is 13.4. The molecule has 1 aromatic heterocycles. The third-order valence-electron chi connectivity index (χ3n) is 1.75. The highest BCUT2D eigenvalue weighted by Gasteiger charge is 2.43. The largest absolute Gasteiger partial charge is 0.442 e. The van der Waals surface area contributed by atoms with Gasteiger partial charge in [-0.05, 0) is 6.92 Å². The molecule has 0 bridgehead atoms. The number of alkyl halides is 3. The van der Waals surface area contributed by atoms with Crippen LogP contribution in [0.5, 0.6) is 0 Å². The first-order valence-corrected chi connectivity index (χ1v) is 3.50. The summed E-state index contributed by atoms with van der Waals surface area (Å²) >= 11 is 0. The fraction of sp³-hybridized carbons (Fsp3) is 0.500. The number of nitro groups is 1. The van der Waals surface area contributed by atoms with Gasteiger partial charge < -0.3 is 0 Å². The maximum atomic E-state index is 12.2. The molecule has 0 saturated heterocycles. The van der Waals surface area contributed by atoms with E-state index >= 15 is 0 Å². The molecule has 0 fully saturated rings. The number of hydrogen-bond acceptors (Lipinski definition) is 3. The molecular formula is C6H6F3N3O2. The third-order valence-corrected chi connectivity index (χ3v) is 1.75. The van der Waals surface area contributed by atoms with E-state index < -0.39 is 22.5 Å². The van der Waals surface area contributed by atoms with Crippen LogP contribution in [0.2, 0.25) is 0 Å². The van der Waals surface area contributed by atoms with Crippen molar-refractivity contribution in [1.29, 1.82) is 0 Å². The van der Waals surface area contributed by atoms with Gasteiger partial charge in [0.2, 0.25) is 5.69 Å². The van der Waals surface area contributed by atoms with Gasteiger partial charge in [-0.15, -0.1) is 0 Å². The zero-order valence-electron chi connectivity index (χ0n) is 7.29. The molecule has 0 atom stereocenters. The molecule has 0 aliphatic carbocycles. The second-order valence-corrected chi connectivity index (χ2v) is 2.66. The monoisotopic (exact) mass is 209 g/mol. The van der Waals surface area contributed by atoms with E-state index in [4.69, 9.17) is 0 Å². The standard InChI is InChI=1S/C6H6F3N3O2/c1-3-4(12(13)14)5(6(7,8)9)10-11(3)2/h1-2H3. The molecule has 5 nitrogen and oxygen atoms in total. The normalized spacial score (nSPS) is 11.8. The van der Waals surface area contributed by atoms with Crippen LogP contribution in [-0.2, 0) is 13.2 Å². The molecule has 1 heterocycles. The Labute approximate surface area is 76.3 Å². The van der Waals surface area contributed by atoms with Crippen LogP contribution < -0.4 is 0 Å². The number of nitrogens with zero attached hydrogens (tertiary/aromatic N) is 3. The van der Waals surface area contributed by atoms with Crippen molar-refractivity contribution in [2.45, 2.75) is 13.1 Å². The van der Waals surface area contributed by atoms with Crippen molar-refractivity contribution >= 4 is 5.69 Å². The highest BCUT2D eigenvalue weighted by atomic mass is 19.4. The predicted molar refractivity (Wildman–Crippen MR) is 39.6 cm³/mol. The number of aromatic nitrogens is 2. The average molecular weight is 209 g/mol. The zero-order chi connectivity index (χ0) is 11.1. The van der Waals surface area contributed by atoms with Gasteiger partial charge in [-0.2, -0.15) is 18.3 Å². The molecule has 0 saturated carbocycles. The second kappa shape index (κ2) is 2.96. The van der Waals surface area contributed by atoms with E-state index in [1.807, 2.05) is 0 Å². The predicted octanol–water partition coefficient (Wildman–Crippen LogP) is 1.66. The summed E-state index contributed by atoms with van der Waals surface area (Å²) in [6.07, 6.45) is -4.80. The Balaban J connectivity index is 3.45. The van der Waals surface area contributed by atoms with Crippen LogP contribution in [-0.4, -0.2) is 14.7 Å². The Kier molecular flexibility index (Phi) is 2.22. The van der Waals surface area contributed by atoms with E-state index in [2.05, 4.69) is 5.10 Å². The first-order valence-electron chi connectivity index (χ1n) is 3.50. The lowest BCUT2D eigenvalue weighted by Gasteiger charge is -2.00. The van der Waals surface area contributed by atoms with Crippen LogP contribution in [0.4, 0.5) is 18.9 Å². The zero-order valence-corrected chi connectivity index (χ0v) is 7.29. The molecule has 0 aliphatic rings. The highest BCUT2D eigenvalue weighted by molar-refractivity contribution is 5.41. The molecule has 14 heavy (non-hydrogen) atoms. The molecule has 0 aromatic carbocycles. The SMILES string of the molecule is Cc1c([N+](=O)[O-])c(C(F)(F)F)nn1C. The Hall–Kier alpha value is -1.60. The molecule has 8 heteroatoms. The van der Waals surface area contributed by atoms with Crippen LogP contribution in [0.3, 0.4) is 0 Å². The molecule has 0 radical (unpaired) electrons. The molecule has 78 valence electrons. The smallest absolute Gasteiger partial charge is 0.265 e. The van der Waals surface area contributed by atoms with E-state index in [-0.39, 0.29) is 5.69 Å². The number of aryl methyl sites for hydroxylation is 1. The lowest BCUT2D eigenvalue weighted by atomic mass is 10.3. The lowest BCUT2D eigenvalue weighted by molar-refractivity contribution is -0.388. The van der Waals surface area contributed by atoms with Crippen molar-refractivity contribution in [3.63, 3.8) is 0 Å². The Morgan fingerprint density at radius 3 is 2.29 bits per heavy atom. The van der Waals surface area contributed by atoms with Crippen molar-refractivity contribution in [3.05, 3.63) is 21.5 Å². The summed E-state index contributed by atoms with van der Waals surface area (Å²) in [6.45, 7) is 1.21. The highest BCUT2D eigenvalue weighted by Crippen LogP contribution is 2.36. The van der Waals surface area contributed by atoms with Crippen LogP contribution in [0.1, 0.15) is 11.4 Å². The quantitative estimate of drug-likeness (QED) is 0.521. The molecular weight excluding hydrogens is 203 g/mol. The average Bonchev–Trinajstić information content (AvgIpc) is 2.27. The molecule has 0 N–H and O–H groups in total.